The summed E-state index contributed by atoms with van der Waals surface area (Å²) in [7, 11) is 0. The Morgan fingerprint density at radius 2 is 1.79 bits per heavy atom. The fraction of sp³-hybridized carbons (Fsp3) is 0.562. The maximum atomic E-state index is 11.6. The molecule has 0 heterocycles. The fourth-order valence-electron chi connectivity index (χ4n) is 2.89. The molecule has 2 rings (SSSR count). The lowest BCUT2D eigenvalue weighted by Crippen LogP contribution is -2.39. The molecule has 0 aliphatic heterocycles. The van der Waals surface area contributed by atoms with Crippen LogP contribution in [0.1, 0.15) is 43.2 Å². The zero-order chi connectivity index (χ0) is 13.9. The van der Waals surface area contributed by atoms with Gasteiger partial charge in [-0.25, -0.2) is 0 Å². The average molecular weight is 262 g/mol. The monoisotopic (exact) mass is 262 g/mol. The summed E-state index contributed by atoms with van der Waals surface area (Å²) in [4.78, 5) is 11.6. The number of rotatable bonds is 4. The number of carboxylic acid groups (broad SMARTS) is 1. The van der Waals surface area contributed by atoms with Crippen LogP contribution in [-0.4, -0.2) is 17.7 Å². The first kappa shape index (κ1) is 13.9. The molecular weight excluding hydrogens is 240 g/mol. The third-order valence-corrected chi connectivity index (χ3v) is 4.17. The van der Waals surface area contributed by atoms with Crippen molar-refractivity contribution >= 4 is 5.97 Å². The zero-order valence-electron chi connectivity index (χ0n) is 11.7. The van der Waals surface area contributed by atoms with Crippen molar-refractivity contribution in [3.8, 4) is 5.75 Å². The predicted molar refractivity (Wildman–Crippen MR) is 74.6 cm³/mol. The maximum absolute atomic E-state index is 11.6. The van der Waals surface area contributed by atoms with Crippen LogP contribution in [-0.2, 0) is 4.79 Å². The highest BCUT2D eigenvalue weighted by atomic mass is 16.5. The van der Waals surface area contributed by atoms with Crippen molar-refractivity contribution in [2.75, 3.05) is 6.61 Å². The summed E-state index contributed by atoms with van der Waals surface area (Å²) in [5.41, 5.74) is 1.44. The third-order valence-electron chi connectivity index (χ3n) is 4.17. The summed E-state index contributed by atoms with van der Waals surface area (Å²) in [5, 5.41) is 9.53. The van der Waals surface area contributed by atoms with E-state index in [4.69, 9.17) is 4.74 Å². The molecule has 0 unspecified atom stereocenters. The molecule has 1 N–H and O–H groups in total. The van der Waals surface area contributed by atoms with Crippen molar-refractivity contribution < 1.29 is 14.6 Å². The molecule has 1 aromatic rings. The Labute approximate surface area is 114 Å². The smallest absolute Gasteiger partial charge is 0.313 e. The van der Waals surface area contributed by atoms with Crippen molar-refractivity contribution in [1.82, 2.24) is 0 Å². The molecule has 1 fully saturated rings. The first-order valence-corrected chi connectivity index (χ1v) is 6.98. The SMILES string of the molecule is Cc1cccc(C)c1OCC1(C(=O)O)CCCCC1. The van der Waals surface area contributed by atoms with Gasteiger partial charge in [-0.05, 0) is 37.8 Å². The van der Waals surface area contributed by atoms with E-state index in [2.05, 4.69) is 0 Å². The Bertz CT molecular complexity index is 439. The Hall–Kier alpha value is -1.51. The summed E-state index contributed by atoms with van der Waals surface area (Å²) in [6.07, 6.45) is 4.57. The lowest BCUT2D eigenvalue weighted by molar-refractivity contribution is -0.153. The van der Waals surface area contributed by atoms with E-state index >= 15 is 0 Å². The van der Waals surface area contributed by atoms with Crippen LogP contribution in [0.3, 0.4) is 0 Å². The Morgan fingerprint density at radius 1 is 1.21 bits per heavy atom. The molecule has 19 heavy (non-hydrogen) atoms. The van der Waals surface area contributed by atoms with Crippen molar-refractivity contribution in [2.24, 2.45) is 5.41 Å². The van der Waals surface area contributed by atoms with Gasteiger partial charge in [0.15, 0.2) is 0 Å². The molecule has 1 aliphatic carbocycles. The predicted octanol–water partition coefficient (Wildman–Crippen LogP) is 3.72. The minimum Gasteiger partial charge on any atom is -0.492 e. The molecule has 0 bridgehead atoms. The highest BCUT2D eigenvalue weighted by Crippen LogP contribution is 2.37. The number of benzene rings is 1. The van der Waals surface area contributed by atoms with Gasteiger partial charge in [-0.2, -0.15) is 0 Å². The molecule has 0 amide bonds. The molecule has 3 heteroatoms. The Balaban J connectivity index is 2.13. The van der Waals surface area contributed by atoms with Gasteiger partial charge in [0.1, 0.15) is 17.8 Å². The van der Waals surface area contributed by atoms with Gasteiger partial charge in [0.05, 0.1) is 0 Å². The van der Waals surface area contributed by atoms with Gasteiger partial charge < -0.3 is 9.84 Å². The van der Waals surface area contributed by atoms with Gasteiger partial charge in [-0.3, -0.25) is 4.79 Å². The van der Waals surface area contributed by atoms with E-state index in [0.717, 1.165) is 49.0 Å². The number of hydrogen-bond acceptors (Lipinski definition) is 2. The molecule has 3 nitrogen and oxygen atoms in total. The molecular formula is C16H22O3. The average Bonchev–Trinajstić information content (AvgIpc) is 2.39. The first-order valence-electron chi connectivity index (χ1n) is 6.98. The third kappa shape index (κ3) is 2.91. The second-order valence-corrected chi connectivity index (χ2v) is 5.66. The standard InChI is InChI=1S/C16H22O3/c1-12-7-6-8-13(2)14(12)19-11-16(15(17)18)9-4-3-5-10-16/h6-8H,3-5,9-11H2,1-2H3,(H,17,18). The number of aryl methyl sites for hydroxylation is 2. The molecule has 0 atom stereocenters. The lowest BCUT2D eigenvalue weighted by Gasteiger charge is -2.33. The van der Waals surface area contributed by atoms with Gasteiger partial charge >= 0.3 is 5.97 Å². The topological polar surface area (TPSA) is 46.5 Å². The zero-order valence-corrected chi connectivity index (χ0v) is 11.7. The van der Waals surface area contributed by atoms with Gasteiger partial charge in [-0.1, -0.05) is 37.5 Å². The van der Waals surface area contributed by atoms with Crippen molar-refractivity contribution in [2.45, 2.75) is 46.0 Å². The fourth-order valence-corrected chi connectivity index (χ4v) is 2.89. The molecule has 0 radical (unpaired) electrons. The van der Waals surface area contributed by atoms with Gasteiger partial charge in [-0.15, -0.1) is 0 Å². The second kappa shape index (κ2) is 5.64. The number of para-hydroxylation sites is 1. The van der Waals surface area contributed by atoms with Gasteiger partial charge in [0, 0.05) is 0 Å². The van der Waals surface area contributed by atoms with Crippen molar-refractivity contribution in [3.63, 3.8) is 0 Å². The second-order valence-electron chi connectivity index (χ2n) is 5.66. The number of carboxylic acids is 1. The highest BCUT2D eigenvalue weighted by Gasteiger charge is 2.40. The van der Waals surface area contributed by atoms with E-state index in [0.29, 0.717) is 0 Å². The van der Waals surface area contributed by atoms with E-state index in [9.17, 15) is 9.90 Å². The number of carbonyl (C=O) groups is 1. The summed E-state index contributed by atoms with van der Waals surface area (Å²) < 4.78 is 5.89. The van der Waals surface area contributed by atoms with E-state index < -0.39 is 11.4 Å². The van der Waals surface area contributed by atoms with E-state index in [1.54, 1.807) is 0 Å². The molecule has 1 saturated carbocycles. The molecule has 0 spiro atoms. The van der Waals surface area contributed by atoms with Crippen LogP contribution in [0, 0.1) is 19.3 Å². The summed E-state index contributed by atoms with van der Waals surface area (Å²) in [6, 6.07) is 5.98. The van der Waals surface area contributed by atoms with E-state index in [1.807, 2.05) is 32.0 Å². The van der Waals surface area contributed by atoms with Gasteiger partial charge in [0.25, 0.3) is 0 Å². The highest BCUT2D eigenvalue weighted by molar-refractivity contribution is 5.75. The minimum atomic E-state index is -0.710. The van der Waals surface area contributed by atoms with Crippen LogP contribution in [0.4, 0.5) is 0 Å². The normalized spacial score (nSPS) is 18.0. The number of hydrogen-bond donors (Lipinski definition) is 1. The maximum Gasteiger partial charge on any atom is 0.313 e. The van der Waals surface area contributed by atoms with Gasteiger partial charge in [0.2, 0.25) is 0 Å². The molecule has 0 aromatic heterocycles. The quantitative estimate of drug-likeness (QED) is 0.899. The number of ether oxygens (including phenoxy) is 1. The van der Waals surface area contributed by atoms with E-state index in [-0.39, 0.29) is 6.61 Å². The number of aliphatic carboxylic acids is 1. The molecule has 1 aliphatic rings. The van der Waals surface area contributed by atoms with Crippen molar-refractivity contribution in [3.05, 3.63) is 29.3 Å². The van der Waals surface area contributed by atoms with Crippen LogP contribution in [0.25, 0.3) is 0 Å². The van der Waals surface area contributed by atoms with Crippen LogP contribution in [0.15, 0.2) is 18.2 Å². The summed E-state index contributed by atoms with van der Waals surface area (Å²) in [6.45, 7) is 4.28. The van der Waals surface area contributed by atoms with E-state index in [1.165, 1.54) is 0 Å². The Morgan fingerprint density at radius 3 is 2.32 bits per heavy atom. The summed E-state index contributed by atoms with van der Waals surface area (Å²) >= 11 is 0. The Kier molecular flexibility index (Phi) is 4.13. The van der Waals surface area contributed by atoms with Crippen molar-refractivity contribution in [1.29, 1.82) is 0 Å². The van der Waals surface area contributed by atoms with Crippen LogP contribution >= 0.6 is 0 Å². The van der Waals surface area contributed by atoms with Crippen LogP contribution < -0.4 is 4.74 Å². The first-order chi connectivity index (χ1) is 9.05. The molecule has 0 saturated heterocycles. The summed E-state index contributed by atoms with van der Waals surface area (Å²) in [5.74, 6) is 0.132. The van der Waals surface area contributed by atoms with Crippen LogP contribution in [0.5, 0.6) is 5.75 Å². The lowest BCUT2D eigenvalue weighted by atomic mass is 9.75. The molecule has 1 aromatic carbocycles. The van der Waals surface area contributed by atoms with Crippen LogP contribution in [0.2, 0.25) is 0 Å². The largest absolute Gasteiger partial charge is 0.492 e. The molecule has 104 valence electrons. The minimum absolute atomic E-state index is 0.286.